The highest BCUT2D eigenvalue weighted by Crippen LogP contribution is 2.28. The van der Waals surface area contributed by atoms with Crippen molar-refractivity contribution in [1.29, 1.82) is 0 Å². The molecule has 1 aliphatic carbocycles. The van der Waals surface area contributed by atoms with E-state index in [0.29, 0.717) is 11.7 Å². The molecule has 1 aromatic carbocycles. The maximum Gasteiger partial charge on any atom is 0.271 e. The number of aromatic nitrogens is 2. The highest BCUT2D eigenvalue weighted by Gasteiger charge is 2.26. The van der Waals surface area contributed by atoms with Crippen molar-refractivity contribution >= 4 is 5.91 Å². The summed E-state index contributed by atoms with van der Waals surface area (Å²) in [5.41, 5.74) is 3.59. The van der Waals surface area contributed by atoms with Crippen molar-refractivity contribution in [2.45, 2.75) is 38.1 Å². The van der Waals surface area contributed by atoms with Crippen LogP contribution in [0, 0.1) is 5.92 Å². The van der Waals surface area contributed by atoms with Crippen LogP contribution >= 0.6 is 0 Å². The Kier molecular flexibility index (Phi) is 5.07. The molecule has 1 saturated heterocycles. The zero-order valence-electron chi connectivity index (χ0n) is 15.5. The lowest BCUT2D eigenvalue weighted by atomic mass is 9.83. The van der Waals surface area contributed by atoms with Crippen LogP contribution in [0.3, 0.4) is 0 Å². The number of rotatable bonds is 4. The standard InChI is InChI=1S/C21H28N4O/c1-22-21(26)20-10-12-25(23-20)19-7-4-11-24(15-19)14-16-8-9-17-5-2-3-6-18(17)13-16/h2-3,5-6,10,12,16,19H,4,7-9,11,13-15H2,1H3,(H,22,26)/t16-,19+/m1/s1. The minimum absolute atomic E-state index is 0.114. The van der Waals surface area contributed by atoms with Gasteiger partial charge in [0.2, 0.25) is 0 Å². The fourth-order valence-electron chi connectivity index (χ4n) is 4.50. The smallest absolute Gasteiger partial charge is 0.271 e. The van der Waals surface area contributed by atoms with Gasteiger partial charge >= 0.3 is 0 Å². The average Bonchev–Trinajstić information content (AvgIpc) is 3.18. The number of carbonyl (C=O) groups excluding carboxylic acids is 1. The molecule has 1 amide bonds. The number of hydrogen-bond donors (Lipinski definition) is 1. The molecule has 1 N–H and O–H groups in total. The SMILES string of the molecule is CNC(=O)c1ccn([C@H]2CCCN(C[C@@H]3CCc4ccccc4C3)C2)n1. The van der Waals surface area contributed by atoms with Crippen LogP contribution in [0.25, 0.3) is 0 Å². The molecule has 26 heavy (non-hydrogen) atoms. The number of aryl methyl sites for hydroxylation is 1. The largest absolute Gasteiger partial charge is 0.354 e. The van der Waals surface area contributed by atoms with Gasteiger partial charge in [-0.15, -0.1) is 0 Å². The highest BCUT2D eigenvalue weighted by atomic mass is 16.1. The summed E-state index contributed by atoms with van der Waals surface area (Å²) in [7, 11) is 1.64. The monoisotopic (exact) mass is 352 g/mol. The van der Waals surface area contributed by atoms with Crippen LogP contribution in [0.4, 0.5) is 0 Å². The number of nitrogens with one attached hydrogen (secondary N) is 1. The summed E-state index contributed by atoms with van der Waals surface area (Å²) in [6, 6.07) is 11.1. The molecule has 2 atom stereocenters. The van der Waals surface area contributed by atoms with Gasteiger partial charge < -0.3 is 10.2 Å². The zero-order chi connectivity index (χ0) is 17.9. The number of benzene rings is 1. The summed E-state index contributed by atoms with van der Waals surface area (Å²) in [5, 5.41) is 7.14. The van der Waals surface area contributed by atoms with Gasteiger partial charge in [-0.2, -0.15) is 5.10 Å². The van der Waals surface area contributed by atoms with Crippen LogP contribution < -0.4 is 5.32 Å². The number of carbonyl (C=O) groups is 1. The van der Waals surface area contributed by atoms with Crippen molar-refractivity contribution in [1.82, 2.24) is 20.0 Å². The van der Waals surface area contributed by atoms with Crippen LogP contribution in [0.2, 0.25) is 0 Å². The Morgan fingerprint density at radius 1 is 1.23 bits per heavy atom. The lowest BCUT2D eigenvalue weighted by molar-refractivity contribution is 0.0955. The van der Waals surface area contributed by atoms with Crippen molar-refractivity contribution < 1.29 is 4.79 Å². The first kappa shape index (κ1) is 17.3. The first-order valence-electron chi connectivity index (χ1n) is 9.79. The average molecular weight is 352 g/mol. The van der Waals surface area contributed by atoms with Crippen LogP contribution in [0.5, 0.6) is 0 Å². The van der Waals surface area contributed by atoms with E-state index in [9.17, 15) is 4.79 Å². The summed E-state index contributed by atoms with van der Waals surface area (Å²) >= 11 is 0. The zero-order valence-corrected chi connectivity index (χ0v) is 15.5. The third kappa shape index (κ3) is 3.68. The van der Waals surface area contributed by atoms with E-state index in [-0.39, 0.29) is 5.91 Å². The Bertz CT molecular complexity index is 769. The Hall–Kier alpha value is -2.14. The van der Waals surface area contributed by atoms with E-state index in [4.69, 9.17) is 0 Å². The van der Waals surface area contributed by atoms with E-state index in [0.717, 1.165) is 18.9 Å². The van der Waals surface area contributed by atoms with E-state index in [1.807, 2.05) is 16.9 Å². The fraction of sp³-hybridized carbons (Fsp3) is 0.524. The van der Waals surface area contributed by atoms with Crippen LogP contribution in [0.15, 0.2) is 36.5 Å². The number of piperidine rings is 1. The Balaban J connectivity index is 1.37. The molecular formula is C21H28N4O. The molecule has 138 valence electrons. The molecule has 2 aliphatic rings. The molecule has 0 unspecified atom stereocenters. The number of nitrogens with zero attached hydrogens (tertiary/aromatic N) is 3. The van der Waals surface area contributed by atoms with Gasteiger partial charge in [0, 0.05) is 26.3 Å². The van der Waals surface area contributed by atoms with Gasteiger partial charge in [-0.3, -0.25) is 9.48 Å². The first-order chi connectivity index (χ1) is 12.7. The van der Waals surface area contributed by atoms with Gasteiger partial charge in [-0.05, 0) is 61.8 Å². The number of hydrogen-bond acceptors (Lipinski definition) is 3. The predicted molar refractivity (Wildman–Crippen MR) is 102 cm³/mol. The van der Waals surface area contributed by atoms with Gasteiger partial charge in [-0.25, -0.2) is 0 Å². The van der Waals surface area contributed by atoms with Crippen molar-refractivity contribution in [3.05, 3.63) is 53.3 Å². The molecule has 0 spiro atoms. The highest BCUT2D eigenvalue weighted by molar-refractivity contribution is 5.91. The summed E-state index contributed by atoms with van der Waals surface area (Å²) < 4.78 is 1.99. The molecule has 0 saturated carbocycles. The number of fused-ring (bicyclic) bond motifs is 1. The molecule has 0 bridgehead atoms. The second kappa shape index (κ2) is 7.62. The molecule has 2 aromatic rings. The maximum absolute atomic E-state index is 11.7. The second-order valence-corrected chi connectivity index (χ2v) is 7.69. The topological polar surface area (TPSA) is 50.2 Å². The minimum atomic E-state index is -0.114. The molecule has 4 rings (SSSR count). The first-order valence-corrected chi connectivity index (χ1v) is 9.79. The molecule has 5 heteroatoms. The minimum Gasteiger partial charge on any atom is -0.354 e. The van der Waals surface area contributed by atoms with Gasteiger partial charge in [0.1, 0.15) is 5.69 Å². The van der Waals surface area contributed by atoms with Gasteiger partial charge in [0.05, 0.1) is 6.04 Å². The number of likely N-dealkylation sites (tertiary alicyclic amines) is 1. The Labute approximate surface area is 155 Å². The van der Waals surface area contributed by atoms with E-state index < -0.39 is 0 Å². The molecule has 1 aliphatic heterocycles. The third-order valence-electron chi connectivity index (χ3n) is 5.89. The van der Waals surface area contributed by atoms with E-state index >= 15 is 0 Å². The van der Waals surface area contributed by atoms with E-state index in [1.165, 1.54) is 38.8 Å². The third-order valence-corrected chi connectivity index (χ3v) is 5.89. The fourth-order valence-corrected chi connectivity index (χ4v) is 4.50. The molecule has 5 nitrogen and oxygen atoms in total. The van der Waals surface area contributed by atoms with Crippen molar-refractivity contribution in [2.24, 2.45) is 5.92 Å². The van der Waals surface area contributed by atoms with Crippen molar-refractivity contribution in [2.75, 3.05) is 26.7 Å². The summed E-state index contributed by atoms with van der Waals surface area (Å²) in [6.45, 7) is 3.39. The Morgan fingerprint density at radius 2 is 2.08 bits per heavy atom. The normalized spacial score (nSPS) is 23.4. The lowest BCUT2D eigenvalue weighted by Crippen LogP contribution is -2.40. The molecule has 1 aromatic heterocycles. The van der Waals surface area contributed by atoms with Crippen LogP contribution in [0.1, 0.15) is 46.9 Å². The molecule has 0 radical (unpaired) electrons. The van der Waals surface area contributed by atoms with Crippen LogP contribution in [-0.2, 0) is 12.8 Å². The molecule has 1 fully saturated rings. The van der Waals surface area contributed by atoms with Gasteiger partial charge in [0.25, 0.3) is 5.91 Å². The summed E-state index contributed by atoms with van der Waals surface area (Å²) in [6.07, 6.45) is 8.01. The number of amides is 1. The lowest BCUT2D eigenvalue weighted by Gasteiger charge is -2.36. The van der Waals surface area contributed by atoms with Gasteiger partial charge in [0.15, 0.2) is 0 Å². The summed E-state index contributed by atoms with van der Waals surface area (Å²) in [4.78, 5) is 14.3. The molecule has 2 heterocycles. The second-order valence-electron chi connectivity index (χ2n) is 7.69. The van der Waals surface area contributed by atoms with Crippen LogP contribution in [-0.4, -0.2) is 47.3 Å². The predicted octanol–water partition coefficient (Wildman–Crippen LogP) is 2.68. The van der Waals surface area contributed by atoms with E-state index in [1.54, 1.807) is 18.2 Å². The van der Waals surface area contributed by atoms with E-state index in [2.05, 4.69) is 39.6 Å². The quantitative estimate of drug-likeness (QED) is 0.920. The van der Waals surface area contributed by atoms with Gasteiger partial charge in [-0.1, -0.05) is 24.3 Å². The molecular weight excluding hydrogens is 324 g/mol. The maximum atomic E-state index is 11.7. The van der Waals surface area contributed by atoms with Crippen molar-refractivity contribution in [3.8, 4) is 0 Å². The van der Waals surface area contributed by atoms with Crippen molar-refractivity contribution in [3.63, 3.8) is 0 Å². The summed E-state index contributed by atoms with van der Waals surface area (Å²) in [5.74, 6) is 0.639. The Morgan fingerprint density at radius 3 is 2.92 bits per heavy atom.